The van der Waals surface area contributed by atoms with Crippen molar-refractivity contribution in [3.8, 4) is 0 Å². The number of benzene rings is 1. The molecule has 0 unspecified atom stereocenters. The third-order valence-electron chi connectivity index (χ3n) is 2.56. The first-order valence-corrected chi connectivity index (χ1v) is 5.80. The predicted molar refractivity (Wildman–Crippen MR) is 68.9 cm³/mol. The Morgan fingerprint density at radius 3 is 3.06 bits per heavy atom. The smallest absolute Gasteiger partial charge is 0.458 e. The van der Waals surface area contributed by atoms with Crippen molar-refractivity contribution in [3.05, 3.63) is 40.4 Å². The molecule has 1 heterocycles. The van der Waals surface area contributed by atoms with E-state index >= 15 is 0 Å². The molecule has 4 nitrogen and oxygen atoms in total. The van der Waals surface area contributed by atoms with E-state index in [0.717, 1.165) is 11.1 Å². The normalized spacial score (nSPS) is 13.4. The van der Waals surface area contributed by atoms with Crippen LogP contribution in [0, 0.1) is 0 Å². The molecule has 18 heavy (non-hydrogen) atoms. The van der Waals surface area contributed by atoms with Crippen molar-refractivity contribution in [3.63, 3.8) is 0 Å². The Labute approximate surface area is 110 Å². The number of fused-ring (bicyclic) bond motifs is 1. The van der Waals surface area contributed by atoms with Gasteiger partial charge in [-0.15, -0.1) is 0 Å². The average molecular weight is 266 g/mol. The highest BCUT2D eigenvalue weighted by molar-refractivity contribution is 6.61. The van der Waals surface area contributed by atoms with Gasteiger partial charge in [-0.2, -0.15) is 0 Å². The summed E-state index contributed by atoms with van der Waals surface area (Å²) < 4.78 is 10.1. The molecule has 1 aliphatic rings. The van der Waals surface area contributed by atoms with Crippen LogP contribution in [0.2, 0.25) is 5.02 Å². The maximum Gasteiger partial charge on any atom is 0.491 e. The number of hydrogen-bond donors (Lipinski definition) is 1. The second-order valence-corrected chi connectivity index (χ2v) is 4.63. The summed E-state index contributed by atoms with van der Waals surface area (Å²) in [5, 5.41) is 9.86. The molecule has 0 fully saturated rings. The molecular weight excluding hydrogens is 254 g/mol. The van der Waals surface area contributed by atoms with Gasteiger partial charge in [0, 0.05) is 0 Å². The summed E-state index contributed by atoms with van der Waals surface area (Å²) in [7, 11) is -1.01. The van der Waals surface area contributed by atoms with Gasteiger partial charge in [0.2, 0.25) is 0 Å². The highest BCUT2D eigenvalue weighted by atomic mass is 35.5. The summed E-state index contributed by atoms with van der Waals surface area (Å²) >= 11 is 6.01. The van der Waals surface area contributed by atoms with E-state index in [1.54, 1.807) is 13.0 Å². The second-order valence-electron chi connectivity index (χ2n) is 4.23. The molecule has 0 radical (unpaired) electrons. The first-order chi connectivity index (χ1) is 8.49. The molecule has 0 saturated carbocycles. The zero-order chi connectivity index (χ0) is 13.3. The SMILES string of the molecule is C=C(C)COC(=O)c1cc2c(cc1Cl)COB2O. The summed E-state index contributed by atoms with van der Waals surface area (Å²) in [6.07, 6.45) is 0. The summed E-state index contributed by atoms with van der Waals surface area (Å²) in [6.45, 7) is 5.84. The molecule has 0 amide bonds. The number of ether oxygens (including phenoxy) is 1. The van der Waals surface area contributed by atoms with E-state index in [1.807, 2.05) is 0 Å². The highest BCUT2D eigenvalue weighted by Gasteiger charge is 2.29. The maximum absolute atomic E-state index is 11.8. The number of rotatable bonds is 3. The zero-order valence-corrected chi connectivity index (χ0v) is 10.7. The van der Waals surface area contributed by atoms with E-state index in [2.05, 4.69) is 6.58 Å². The molecular formula is C12H12BClO4. The van der Waals surface area contributed by atoms with Gasteiger partial charge in [-0.1, -0.05) is 18.2 Å². The van der Waals surface area contributed by atoms with Gasteiger partial charge in [-0.05, 0) is 35.7 Å². The molecule has 1 aromatic carbocycles. The number of hydrogen-bond acceptors (Lipinski definition) is 4. The minimum absolute atomic E-state index is 0.144. The lowest BCUT2D eigenvalue weighted by molar-refractivity contribution is 0.0540. The lowest BCUT2D eigenvalue weighted by Gasteiger charge is -2.08. The van der Waals surface area contributed by atoms with Gasteiger partial charge in [-0.25, -0.2) is 4.79 Å². The van der Waals surface area contributed by atoms with E-state index < -0.39 is 13.1 Å². The fourth-order valence-corrected chi connectivity index (χ4v) is 1.93. The Morgan fingerprint density at radius 2 is 2.39 bits per heavy atom. The van der Waals surface area contributed by atoms with E-state index in [1.165, 1.54) is 6.07 Å². The number of esters is 1. The average Bonchev–Trinajstić information content (AvgIpc) is 2.66. The Morgan fingerprint density at radius 1 is 1.67 bits per heavy atom. The molecule has 1 aromatic rings. The monoisotopic (exact) mass is 266 g/mol. The molecule has 0 spiro atoms. The molecule has 2 rings (SSSR count). The Kier molecular flexibility index (Phi) is 3.75. The standard InChI is InChI=1S/C12H12BClO4/c1-7(2)5-17-12(15)9-4-10-8(3-11(9)14)6-18-13(10)16/h3-4,16H,1,5-6H2,2H3. The van der Waals surface area contributed by atoms with Crippen molar-refractivity contribution in [2.45, 2.75) is 13.5 Å². The largest absolute Gasteiger partial charge is 0.491 e. The van der Waals surface area contributed by atoms with E-state index in [-0.39, 0.29) is 23.8 Å². The van der Waals surface area contributed by atoms with Crippen LogP contribution in [0.25, 0.3) is 0 Å². The van der Waals surface area contributed by atoms with Crippen molar-refractivity contribution in [1.82, 2.24) is 0 Å². The van der Waals surface area contributed by atoms with Gasteiger partial charge in [0.15, 0.2) is 0 Å². The number of carbonyl (C=O) groups is 1. The van der Waals surface area contributed by atoms with Crippen molar-refractivity contribution < 1.29 is 19.2 Å². The van der Waals surface area contributed by atoms with Gasteiger partial charge >= 0.3 is 13.1 Å². The summed E-state index contributed by atoms with van der Waals surface area (Å²) in [4.78, 5) is 11.8. The molecule has 0 aliphatic carbocycles. The Bertz CT molecular complexity index is 515. The van der Waals surface area contributed by atoms with Crippen LogP contribution in [0.15, 0.2) is 24.3 Å². The topological polar surface area (TPSA) is 55.8 Å². The van der Waals surface area contributed by atoms with Crippen LogP contribution in [-0.2, 0) is 16.0 Å². The molecule has 0 aromatic heterocycles. The van der Waals surface area contributed by atoms with Gasteiger partial charge in [0.05, 0.1) is 17.2 Å². The summed E-state index contributed by atoms with van der Waals surface area (Å²) in [5.74, 6) is -0.537. The fraction of sp³-hybridized carbons (Fsp3) is 0.250. The molecule has 1 aliphatic heterocycles. The van der Waals surface area contributed by atoms with Crippen molar-refractivity contribution in [2.75, 3.05) is 6.61 Å². The van der Waals surface area contributed by atoms with Crippen LogP contribution in [0.3, 0.4) is 0 Å². The Balaban J connectivity index is 2.26. The van der Waals surface area contributed by atoms with Crippen LogP contribution >= 0.6 is 11.6 Å². The zero-order valence-electron chi connectivity index (χ0n) is 9.90. The summed E-state index contributed by atoms with van der Waals surface area (Å²) in [5.41, 5.74) is 2.30. The minimum Gasteiger partial charge on any atom is -0.458 e. The minimum atomic E-state index is -1.01. The molecule has 0 saturated heterocycles. The van der Waals surface area contributed by atoms with Gasteiger partial charge in [0.25, 0.3) is 0 Å². The molecule has 0 bridgehead atoms. The molecule has 0 atom stereocenters. The van der Waals surface area contributed by atoms with Gasteiger partial charge < -0.3 is 14.4 Å². The van der Waals surface area contributed by atoms with Crippen LogP contribution in [0.5, 0.6) is 0 Å². The van der Waals surface area contributed by atoms with Crippen LogP contribution < -0.4 is 5.46 Å². The Hall–Kier alpha value is -1.30. The quantitative estimate of drug-likeness (QED) is 0.509. The van der Waals surface area contributed by atoms with Crippen molar-refractivity contribution in [2.24, 2.45) is 0 Å². The van der Waals surface area contributed by atoms with Crippen molar-refractivity contribution >= 4 is 30.2 Å². The van der Waals surface area contributed by atoms with Crippen molar-refractivity contribution in [1.29, 1.82) is 0 Å². The predicted octanol–water partition coefficient (Wildman–Crippen LogP) is 1.29. The van der Waals surface area contributed by atoms with Crippen LogP contribution in [-0.4, -0.2) is 24.7 Å². The third kappa shape index (κ3) is 2.58. The lowest BCUT2D eigenvalue weighted by atomic mass is 9.79. The number of halogens is 1. The first-order valence-electron chi connectivity index (χ1n) is 5.42. The molecule has 6 heteroatoms. The molecule has 1 N–H and O–H groups in total. The third-order valence-corrected chi connectivity index (χ3v) is 2.87. The van der Waals surface area contributed by atoms with E-state index in [0.29, 0.717) is 5.46 Å². The van der Waals surface area contributed by atoms with E-state index in [4.69, 9.17) is 21.0 Å². The maximum atomic E-state index is 11.8. The summed E-state index contributed by atoms with van der Waals surface area (Å²) in [6, 6.07) is 3.13. The fourth-order valence-electron chi connectivity index (χ4n) is 1.67. The van der Waals surface area contributed by atoms with Crippen LogP contribution in [0.1, 0.15) is 22.8 Å². The second kappa shape index (κ2) is 5.14. The first kappa shape index (κ1) is 13.1. The van der Waals surface area contributed by atoms with Gasteiger partial charge in [-0.3, -0.25) is 0 Å². The van der Waals surface area contributed by atoms with Gasteiger partial charge in [0.1, 0.15) is 6.61 Å². The van der Waals surface area contributed by atoms with Crippen LogP contribution in [0.4, 0.5) is 0 Å². The lowest BCUT2D eigenvalue weighted by Crippen LogP contribution is -2.29. The number of carbonyl (C=O) groups excluding carboxylic acids is 1. The highest BCUT2D eigenvalue weighted by Crippen LogP contribution is 2.21. The molecule has 94 valence electrons. The van der Waals surface area contributed by atoms with E-state index in [9.17, 15) is 9.82 Å².